The van der Waals surface area contributed by atoms with Crippen molar-refractivity contribution in [1.82, 2.24) is 0 Å². The van der Waals surface area contributed by atoms with Gasteiger partial charge in [-0.3, -0.25) is 4.79 Å². The molecule has 20 heavy (non-hydrogen) atoms. The molecule has 102 valence electrons. The van der Waals surface area contributed by atoms with Crippen molar-refractivity contribution >= 4 is 11.6 Å². The van der Waals surface area contributed by atoms with Gasteiger partial charge in [0.25, 0.3) is 0 Å². The number of piperidine rings is 1. The van der Waals surface area contributed by atoms with Crippen molar-refractivity contribution in [3.63, 3.8) is 0 Å². The molecule has 0 unspecified atom stereocenters. The summed E-state index contributed by atoms with van der Waals surface area (Å²) in [6, 6.07) is 14.2. The maximum atomic E-state index is 13.7. The Morgan fingerprint density at radius 1 is 0.950 bits per heavy atom. The molecule has 3 heteroatoms. The molecule has 0 bridgehead atoms. The van der Waals surface area contributed by atoms with Crippen LogP contribution in [-0.2, 0) is 4.79 Å². The lowest BCUT2D eigenvalue weighted by molar-refractivity contribution is -0.119. The molecule has 2 nitrogen and oxygen atoms in total. The number of nitrogens with zero attached hydrogens (tertiary/aromatic N) is 1. The van der Waals surface area contributed by atoms with Crippen molar-refractivity contribution < 1.29 is 9.18 Å². The largest absolute Gasteiger partial charge is 0.312 e. The Morgan fingerprint density at radius 2 is 1.70 bits per heavy atom. The van der Waals surface area contributed by atoms with Gasteiger partial charge >= 0.3 is 0 Å². The second-order valence-corrected chi connectivity index (χ2v) is 5.03. The van der Waals surface area contributed by atoms with Crippen LogP contribution in [-0.4, -0.2) is 12.5 Å². The number of benzene rings is 2. The van der Waals surface area contributed by atoms with Gasteiger partial charge in [0.1, 0.15) is 5.82 Å². The topological polar surface area (TPSA) is 20.3 Å². The highest BCUT2D eigenvalue weighted by Gasteiger charge is 2.19. The second-order valence-electron chi connectivity index (χ2n) is 5.03. The molecule has 1 fully saturated rings. The van der Waals surface area contributed by atoms with Crippen LogP contribution in [0.2, 0.25) is 0 Å². The van der Waals surface area contributed by atoms with Gasteiger partial charge in [0, 0.05) is 24.2 Å². The van der Waals surface area contributed by atoms with E-state index in [-0.39, 0.29) is 11.7 Å². The van der Waals surface area contributed by atoms with E-state index in [2.05, 4.69) is 0 Å². The van der Waals surface area contributed by atoms with Crippen LogP contribution < -0.4 is 4.90 Å². The standard InChI is InChI=1S/C17H16FNO/c18-16-6-2-1-5-15(16)13-8-10-14(11-9-13)19-12-4-3-7-17(19)20/h1-2,5-6,8-11H,3-4,7,12H2. The Balaban J connectivity index is 1.88. The lowest BCUT2D eigenvalue weighted by atomic mass is 10.0. The van der Waals surface area contributed by atoms with Crippen LogP contribution in [0.4, 0.5) is 10.1 Å². The minimum atomic E-state index is -0.228. The normalized spacial score (nSPS) is 15.4. The maximum absolute atomic E-state index is 13.7. The summed E-state index contributed by atoms with van der Waals surface area (Å²) in [6.07, 6.45) is 2.64. The average Bonchev–Trinajstić information content (AvgIpc) is 2.49. The van der Waals surface area contributed by atoms with Crippen molar-refractivity contribution in [2.24, 2.45) is 0 Å². The summed E-state index contributed by atoms with van der Waals surface area (Å²) in [5.41, 5.74) is 2.31. The zero-order valence-corrected chi connectivity index (χ0v) is 11.2. The zero-order valence-electron chi connectivity index (χ0n) is 11.2. The van der Waals surface area contributed by atoms with Crippen molar-refractivity contribution in [2.75, 3.05) is 11.4 Å². The van der Waals surface area contributed by atoms with Gasteiger partial charge in [-0.25, -0.2) is 4.39 Å². The molecule has 0 saturated carbocycles. The van der Waals surface area contributed by atoms with E-state index in [4.69, 9.17) is 0 Å². The quantitative estimate of drug-likeness (QED) is 0.806. The van der Waals surface area contributed by atoms with Crippen molar-refractivity contribution in [3.05, 3.63) is 54.3 Å². The molecule has 0 aromatic heterocycles. The van der Waals surface area contributed by atoms with Crippen LogP contribution in [0, 0.1) is 5.82 Å². The minimum Gasteiger partial charge on any atom is -0.312 e. The van der Waals surface area contributed by atoms with Crippen LogP contribution in [0.3, 0.4) is 0 Å². The van der Waals surface area contributed by atoms with Crippen LogP contribution in [0.15, 0.2) is 48.5 Å². The molecule has 0 N–H and O–H groups in total. The molecule has 2 aromatic carbocycles. The van der Waals surface area contributed by atoms with E-state index in [1.807, 2.05) is 35.2 Å². The van der Waals surface area contributed by atoms with Gasteiger partial charge in [-0.05, 0) is 36.6 Å². The Hall–Kier alpha value is -2.16. The van der Waals surface area contributed by atoms with Crippen LogP contribution in [0.25, 0.3) is 11.1 Å². The molecule has 1 amide bonds. The fourth-order valence-corrected chi connectivity index (χ4v) is 2.60. The highest BCUT2D eigenvalue weighted by atomic mass is 19.1. The molecule has 1 heterocycles. The third-order valence-electron chi connectivity index (χ3n) is 3.69. The lowest BCUT2D eigenvalue weighted by Crippen LogP contribution is -2.35. The van der Waals surface area contributed by atoms with E-state index in [1.54, 1.807) is 12.1 Å². The maximum Gasteiger partial charge on any atom is 0.226 e. The van der Waals surface area contributed by atoms with Crippen molar-refractivity contribution in [3.8, 4) is 11.1 Å². The van der Waals surface area contributed by atoms with Crippen LogP contribution in [0.5, 0.6) is 0 Å². The highest BCUT2D eigenvalue weighted by molar-refractivity contribution is 5.94. The van der Waals surface area contributed by atoms with Gasteiger partial charge in [-0.2, -0.15) is 0 Å². The number of carbonyl (C=O) groups excluding carboxylic acids is 1. The molecule has 1 saturated heterocycles. The van der Waals surface area contributed by atoms with Gasteiger partial charge in [-0.15, -0.1) is 0 Å². The summed E-state index contributed by atoms with van der Waals surface area (Å²) >= 11 is 0. The van der Waals surface area contributed by atoms with Crippen molar-refractivity contribution in [1.29, 1.82) is 0 Å². The summed E-state index contributed by atoms with van der Waals surface area (Å²) in [5, 5.41) is 0. The third-order valence-corrected chi connectivity index (χ3v) is 3.69. The third kappa shape index (κ3) is 2.44. The first kappa shape index (κ1) is 12.9. The predicted molar refractivity (Wildman–Crippen MR) is 78.0 cm³/mol. The first-order chi connectivity index (χ1) is 9.75. The van der Waals surface area contributed by atoms with Gasteiger partial charge in [0.05, 0.1) is 0 Å². The van der Waals surface area contributed by atoms with E-state index in [0.717, 1.165) is 30.6 Å². The summed E-state index contributed by atoms with van der Waals surface area (Å²) in [7, 11) is 0. The summed E-state index contributed by atoms with van der Waals surface area (Å²) in [6.45, 7) is 0.776. The smallest absolute Gasteiger partial charge is 0.226 e. The van der Waals surface area contributed by atoms with E-state index in [1.165, 1.54) is 6.07 Å². The number of amides is 1. The molecule has 2 aromatic rings. The van der Waals surface area contributed by atoms with Gasteiger partial charge in [-0.1, -0.05) is 30.3 Å². The highest BCUT2D eigenvalue weighted by Crippen LogP contribution is 2.27. The molecule has 1 aliphatic rings. The predicted octanol–water partition coefficient (Wildman–Crippen LogP) is 4.01. The number of hydrogen-bond donors (Lipinski definition) is 0. The number of halogens is 1. The van der Waals surface area contributed by atoms with Gasteiger partial charge < -0.3 is 4.90 Å². The number of carbonyl (C=O) groups is 1. The zero-order chi connectivity index (χ0) is 13.9. The summed E-state index contributed by atoms with van der Waals surface area (Å²) in [5.74, 6) is -0.0517. The van der Waals surface area contributed by atoms with E-state index < -0.39 is 0 Å². The van der Waals surface area contributed by atoms with E-state index in [0.29, 0.717) is 12.0 Å². The Bertz CT molecular complexity index is 621. The van der Waals surface area contributed by atoms with E-state index >= 15 is 0 Å². The minimum absolute atomic E-state index is 0.176. The van der Waals surface area contributed by atoms with Gasteiger partial charge in [0.15, 0.2) is 0 Å². The monoisotopic (exact) mass is 269 g/mol. The van der Waals surface area contributed by atoms with Crippen LogP contribution >= 0.6 is 0 Å². The Kier molecular flexibility index (Phi) is 3.50. The Labute approximate surface area is 117 Å². The molecule has 0 radical (unpaired) electrons. The fraction of sp³-hybridized carbons (Fsp3) is 0.235. The molecule has 0 aliphatic carbocycles. The van der Waals surface area contributed by atoms with E-state index in [9.17, 15) is 9.18 Å². The molecular formula is C17H16FNO. The first-order valence-corrected chi connectivity index (χ1v) is 6.91. The molecule has 0 spiro atoms. The lowest BCUT2D eigenvalue weighted by Gasteiger charge is -2.26. The SMILES string of the molecule is O=C1CCCCN1c1ccc(-c2ccccc2F)cc1. The molecule has 3 rings (SSSR count). The molecular weight excluding hydrogens is 253 g/mol. The Morgan fingerprint density at radius 3 is 2.40 bits per heavy atom. The van der Waals surface area contributed by atoms with Gasteiger partial charge in [0.2, 0.25) is 5.91 Å². The molecule has 0 atom stereocenters. The fourth-order valence-electron chi connectivity index (χ4n) is 2.60. The molecule has 1 aliphatic heterocycles. The number of hydrogen-bond acceptors (Lipinski definition) is 1. The summed E-state index contributed by atoms with van der Waals surface area (Å²) < 4.78 is 13.7. The number of anilines is 1. The first-order valence-electron chi connectivity index (χ1n) is 6.91. The number of rotatable bonds is 2. The van der Waals surface area contributed by atoms with Crippen molar-refractivity contribution in [2.45, 2.75) is 19.3 Å². The average molecular weight is 269 g/mol. The van der Waals surface area contributed by atoms with Crippen LogP contribution in [0.1, 0.15) is 19.3 Å². The second kappa shape index (κ2) is 5.45. The summed E-state index contributed by atoms with van der Waals surface area (Å²) in [4.78, 5) is 13.7.